The summed E-state index contributed by atoms with van der Waals surface area (Å²) in [4.78, 5) is 14.0. The average Bonchev–Trinajstić information content (AvgIpc) is 2.68. The lowest BCUT2D eigenvalue weighted by atomic mass is 10.1. The second kappa shape index (κ2) is 5.85. The van der Waals surface area contributed by atoms with E-state index in [2.05, 4.69) is 15.9 Å². The molecule has 0 aliphatic carbocycles. The largest absolute Gasteiger partial charge is 0.337 e. The lowest BCUT2D eigenvalue weighted by molar-refractivity contribution is 0.0790. The molecular weight excluding hydrogens is 304 g/mol. The molecule has 1 aromatic carbocycles. The van der Waals surface area contributed by atoms with Gasteiger partial charge >= 0.3 is 0 Å². The van der Waals surface area contributed by atoms with Crippen LogP contribution in [0.25, 0.3) is 0 Å². The van der Waals surface area contributed by atoms with Crippen molar-refractivity contribution in [2.75, 3.05) is 13.1 Å². The van der Waals surface area contributed by atoms with E-state index in [9.17, 15) is 4.79 Å². The number of likely N-dealkylation sites (tertiary alicyclic amines) is 1. The van der Waals surface area contributed by atoms with Crippen molar-refractivity contribution in [2.45, 2.75) is 19.4 Å². The molecule has 0 saturated carbocycles. The van der Waals surface area contributed by atoms with Crippen LogP contribution in [-0.2, 0) is 0 Å². The van der Waals surface area contributed by atoms with Crippen LogP contribution in [-0.4, -0.2) is 29.9 Å². The summed E-state index contributed by atoms with van der Waals surface area (Å²) < 4.78 is 0.974. The Balaban J connectivity index is 0.00000144. The standard InChI is InChI=1S/C12H15BrN2O.ClH/c1-8-10(3-2-4-11(8)13)12(16)15-6-5-9(14)7-15;/h2-4,9H,5-7,14H2,1H3;1H. The Bertz CT molecular complexity index is 425. The first kappa shape index (κ1) is 14.5. The summed E-state index contributed by atoms with van der Waals surface area (Å²) in [5.41, 5.74) is 7.57. The first-order chi connectivity index (χ1) is 7.59. The van der Waals surface area contributed by atoms with Crippen molar-refractivity contribution < 1.29 is 4.79 Å². The van der Waals surface area contributed by atoms with Crippen LogP contribution in [0.3, 0.4) is 0 Å². The zero-order valence-corrected chi connectivity index (χ0v) is 12.1. The molecule has 0 spiro atoms. The molecule has 0 radical (unpaired) electrons. The highest BCUT2D eigenvalue weighted by Gasteiger charge is 2.25. The van der Waals surface area contributed by atoms with Crippen molar-refractivity contribution in [2.24, 2.45) is 5.73 Å². The fourth-order valence-electron chi connectivity index (χ4n) is 1.98. The van der Waals surface area contributed by atoms with Gasteiger partial charge in [0.2, 0.25) is 0 Å². The van der Waals surface area contributed by atoms with Gasteiger partial charge in [0.05, 0.1) is 0 Å². The maximum atomic E-state index is 12.2. The molecule has 94 valence electrons. The highest BCUT2D eigenvalue weighted by atomic mass is 79.9. The molecular formula is C12H16BrClN2O. The molecule has 1 atom stereocenters. The number of amides is 1. The van der Waals surface area contributed by atoms with E-state index >= 15 is 0 Å². The molecule has 1 saturated heterocycles. The molecule has 1 amide bonds. The molecule has 1 fully saturated rings. The third-order valence-electron chi connectivity index (χ3n) is 3.01. The van der Waals surface area contributed by atoms with Crippen molar-refractivity contribution in [3.63, 3.8) is 0 Å². The zero-order chi connectivity index (χ0) is 11.7. The molecule has 1 aliphatic heterocycles. The van der Waals surface area contributed by atoms with Gasteiger partial charge in [-0.25, -0.2) is 0 Å². The summed E-state index contributed by atoms with van der Waals surface area (Å²) in [6.45, 7) is 3.39. The number of carbonyl (C=O) groups is 1. The molecule has 2 N–H and O–H groups in total. The number of carbonyl (C=O) groups excluding carboxylic acids is 1. The number of benzene rings is 1. The first-order valence-electron chi connectivity index (χ1n) is 5.39. The summed E-state index contributed by atoms with van der Waals surface area (Å²) in [6.07, 6.45) is 0.902. The van der Waals surface area contributed by atoms with Crippen LogP contribution in [0, 0.1) is 6.92 Å². The Morgan fingerprint density at radius 2 is 2.24 bits per heavy atom. The highest BCUT2D eigenvalue weighted by molar-refractivity contribution is 9.10. The minimum Gasteiger partial charge on any atom is -0.337 e. The average molecular weight is 320 g/mol. The number of halogens is 2. The molecule has 3 nitrogen and oxygen atoms in total. The predicted molar refractivity (Wildman–Crippen MR) is 74.6 cm³/mol. The minimum atomic E-state index is 0. The fraction of sp³-hybridized carbons (Fsp3) is 0.417. The van der Waals surface area contributed by atoms with E-state index in [0.717, 1.165) is 28.6 Å². The van der Waals surface area contributed by atoms with E-state index in [1.807, 2.05) is 30.0 Å². The van der Waals surface area contributed by atoms with Gasteiger partial charge in [-0.2, -0.15) is 0 Å². The SMILES string of the molecule is Cc1c(Br)cccc1C(=O)N1CCC(N)C1.Cl. The quantitative estimate of drug-likeness (QED) is 0.863. The number of hydrogen-bond donors (Lipinski definition) is 1. The van der Waals surface area contributed by atoms with Crippen molar-refractivity contribution in [3.8, 4) is 0 Å². The second-order valence-corrected chi connectivity index (χ2v) is 5.07. The van der Waals surface area contributed by atoms with E-state index in [0.29, 0.717) is 6.54 Å². The molecule has 17 heavy (non-hydrogen) atoms. The Hall–Kier alpha value is -0.580. The van der Waals surface area contributed by atoms with Crippen LogP contribution < -0.4 is 5.73 Å². The predicted octanol–water partition coefficient (Wildman–Crippen LogP) is 2.35. The molecule has 1 aliphatic rings. The van der Waals surface area contributed by atoms with Gasteiger partial charge in [-0.15, -0.1) is 12.4 Å². The topological polar surface area (TPSA) is 46.3 Å². The van der Waals surface area contributed by atoms with Crippen LogP contribution in [0.2, 0.25) is 0 Å². The smallest absolute Gasteiger partial charge is 0.254 e. The number of hydrogen-bond acceptors (Lipinski definition) is 2. The summed E-state index contributed by atoms with van der Waals surface area (Å²) in [7, 11) is 0. The number of rotatable bonds is 1. The fourth-order valence-corrected chi connectivity index (χ4v) is 2.35. The zero-order valence-electron chi connectivity index (χ0n) is 9.65. The molecule has 0 aromatic heterocycles. The van der Waals surface area contributed by atoms with Gasteiger partial charge in [0.25, 0.3) is 5.91 Å². The third-order valence-corrected chi connectivity index (χ3v) is 3.87. The van der Waals surface area contributed by atoms with E-state index < -0.39 is 0 Å². The molecule has 1 unspecified atom stereocenters. The Morgan fingerprint density at radius 1 is 1.53 bits per heavy atom. The maximum Gasteiger partial charge on any atom is 0.254 e. The molecule has 1 heterocycles. The second-order valence-electron chi connectivity index (χ2n) is 4.21. The summed E-state index contributed by atoms with van der Waals surface area (Å²) in [5.74, 6) is 0.0896. The van der Waals surface area contributed by atoms with E-state index in [4.69, 9.17) is 5.73 Å². The molecule has 2 rings (SSSR count). The molecule has 1 aromatic rings. The third kappa shape index (κ3) is 3.00. The summed E-state index contributed by atoms with van der Waals surface area (Å²) >= 11 is 3.44. The van der Waals surface area contributed by atoms with Gasteiger partial charge in [-0.1, -0.05) is 22.0 Å². The van der Waals surface area contributed by atoms with Crippen molar-refractivity contribution >= 4 is 34.2 Å². The Kier molecular flexibility index (Phi) is 4.98. The monoisotopic (exact) mass is 318 g/mol. The van der Waals surface area contributed by atoms with Crippen LogP contribution >= 0.6 is 28.3 Å². The van der Waals surface area contributed by atoms with Gasteiger partial charge < -0.3 is 10.6 Å². The van der Waals surface area contributed by atoms with Crippen molar-refractivity contribution in [1.82, 2.24) is 4.90 Å². The van der Waals surface area contributed by atoms with Gasteiger partial charge in [0, 0.05) is 29.2 Å². The Morgan fingerprint density at radius 3 is 2.82 bits per heavy atom. The van der Waals surface area contributed by atoms with Crippen molar-refractivity contribution in [1.29, 1.82) is 0 Å². The maximum absolute atomic E-state index is 12.2. The van der Waals surface area contributed by atoms with E-state index in [1.54, 1.807) is 0 Å². The van der Waals surface area contributed by atoms with Gasteiger partial charge in [-0.05, 0) is 31.0 Å². The summed E-state index contributed by atoms with van der Waals surface area (Å²) in [6, 6.07) is 5.84. The van der Waals surface area contributed by atoms with Crippen LogP contribution in [0.15, 0.2) is 22.7 Å². The summed E-state index contributed by atoms with van der Waals surface area (Å²) in [5, 5.41) is 0. The first-order valence-corrected chi connectivity index (χ1v) is 6.19. The number of nitrogens with zero attached hydrogens (tertiary/aromatic N) is 1. The minimum absolute atomic E-state index is 0. The molecule has 5 heteroatoms. The normalized spacial score (nSPS) is 19.0. The van der Waals surface area contributed by atoms with E-state index in [1.165, 1.54) is 0 Å². The van der Waals surface area contributed by atoms with Gasteiger partial charge in [-0.3, -0.25) is 4.79 Å². The van der Waals surface area contributed by atoms with Crippen LogP contribution in [0.1, 0.15) is 22.3 Å². The van der Waals surface area contributed by atoms with Crippen LogP contribution in [0.4, 0.5) is 0 Å². The Labute approximate surface area is 116 Å². The molecule has 0 bridgehead atoms. The van der Waals surface area contributed by atoms with Crippen molar-refractivity contribution in [3.05, 3.63) is 33.8 Å². The van der Waals surface area contributed by atoms with Gasteiger partial charge in [0.15, 0.2) is 0 Å². The van der Waals surface area contributed by atoms with Gasteiger partial charge in [0.1, 0.15) is 0 Å². The number of nitrogens with two attached hydrogens (primary N) is 1. The highest BCUT2D eigenvalue weighted by Crippen LogP contribution is 2.22. The van der Waals surface area contributed by atoms with E-state index in [-0.39, 0.29) is 24.4 Å². The lowest BCUT2D eigenvalue weighted by Crippen LogP contribution is -2.32. The van der Waals surface area contributed by atoms with Crippen LogP contribution in [0.5, 0.6) is 0 Å². The lowest BCUT2D eigenvalue weighted by Gasteiger charge is -2.17.